The number of nitrogens with one attached hydrogen (secondary N) is 1. The van der Waals surface area contributed by atoms with Crippen molar-refractivity contribution in [1.82, 2.24) is 10.2 Å². The van der Waals surface area contributed by atoms with Crippen molar-refractivity contribution in [2.75, 3.05) is 19.6 Å². The summed E-state index contributed by atoms with van der Waals surface area (Å²) in [7, 11) is 0. The molecule has 0 aliphatic carbocycles. The fourth-order valence-corrected chi connectivity index (χ4v) is 2.87. The molecule has 1 aromatic carbocycles. The van der Waals surface area contributed by atoms with Crippen LogP contribution in [0.25, 0.3) is 0 Å². The van der Waals surface area contributed by atoms with Gasteiger partial charge in [0, 0.05) is 19.5 Å². The third-order valence-corrected chi connectivity index (χ3v) is 4.14. The van der Waals surface area contributed by atoms with E-state index in [1.165, 1.54) is 18.4 Å². The van der Waals surface area contributed by atoms with Crippen LogP contribution in [0.4, 0.5) is 0 Å². The molecule has 0 spiro atoms. The summed E-state index contributed by atoms with van der Waals surface area (Å²) in [6.07, 6.45) is 5.89. The Balaban J connectivity index is 0.00000242. The van der Waals surface area contributed by atoms with Crippen LogP contribution in [0.5, 0.6) is 0 Å². The Hall–Kier alpha value is -1.32. The highest BCUT2D eigenvalue weighted by Gasteiger charge is 2.17. The minimum absolute atomic E-state index is 0. The summed E-state index contributed by atoms with van der Waals surface area (Å²) in [5, 5.41) is 3.37. The average Bonchev–Trinajstić information content (AvgIpc) is 2.54. The number of nitrogens with zero attached hydrogens (tertiary/aromatic N) is 1. The topological polar surface area (TPSA) is 32.3 Å². The van der Waals surface area contributed by atoms with Gasteiger partial charge in [-0.2, -0.15) is 0 Å². The van der Waals surface area contributed by atoms with E-state index < -0.39 is 0 Å². The number of benzene rings is 1. The number of hydrogen-bond acceptors (Lipinski definition) is 2. The number of carbonyl (C=O) groups excluding carboxylic acids is 1. The molecule has 0 saturated carbocycles. The van der Waals surface area contributed by atoms with Gasteiger partial charge in [0.25, 0.3) is 0 Å². The van der Waals surface area contributed by atoms with Crippen LogP contribution in [-0.2, 0) is 11.3 Å². The zero-order chi connectivity index (χ0) is 14.9. The van der Waals surface area contributed by atoms with Crippen LogP contribution in [0, 0.1) is 5.92 Å². The van der Waals surface area contributed by atoms with Crippen LogP contribution in [-0.4, -0.2) is 30.4 Å². The van der Waals surface area contributed by atoms with Crippen molar-refractivity contribution in [2.24, 2.45) is 5.92 Å². The van der Waals surface area contributed by atoms with Gasteiger partial charge >= 0.3 is 0 Å². The van der Waals surface area contributed by atoms with E-state index in [1.807, 2.05) is 29.2 Å². The van der Waals surface area contributed by atoms with Crippen LogP contribution < -0.4 is 5.32 Å². The first-order valence-corrected chi connectivity index (χ1v) is 7.93. The molecular formula is C18H27ClN2O. The monoisotopic (exact) mass is 322 g/mol. The molecule has 0 unspecified atom stereocenters. The molecule has 0 aromatic heterocycles. The zero-order valence-electron chi connectivity index (χ0n) is 13.2. The highest BCUT2D eigenvalue weighted by molar-refractivity contribution is 5.85. The van der Waals surface area contributed by atoms with Crippen molar-refractivity contribution in [3.8, 4) is 0 Å². The van der Waals surface area contributed by atoms with Gasteiger partial charge in [0.15, 0.2) is 0 Å². The second kappa shape index (κ2) is 10.4. The van der Waals surface area contributed by atoms with Crippen LogP contribution >= 0.6 is 12.4 Å². The number of carbonyl (C=O) groups is 1. The Bertz CT molecular complexity index is 444. The first-order valence-electron chi connectivity index (χ1n) is 7.93. The molecule has 1 saturated heterocycles. The maximum absolute atomic E-state index is 12.4. The number of piperidine rings is 1. The van der Waals surface area contributed by atoms with E-state index in [4.69, 9.17) is 0 Å². The molecule has 1 amide bonds. The minimum atomic E-state index is 0. The van der Waals surface area contributed by atoms with Crippen LogP contribution in [0.15, 0.2) is 43.0 Å². The maximum atomic E-state index is 12.4. The average molecular weight is 323 g/mol. The molecule has 0 bridgehead atoms. The lowest BCUT2D eigenvalue weighted by molar-refractivity contribution is -0.131. The van der Waals surface area contributed by atoms with Gasteiger partial charge < -0.3 is 10.2 Å². The van der Waals surface area contributed by atoms with Crippen molar-refractivity contribution in [3.63, 3.8) is 0 Å². The first-order chi connectivity index (χ1) is 10.3. The highest BCUT2D eigenvalue weighted by Crippen LogP contribution is 2.19. The fraction of sp³-hybridized carbons (Fsp3) is 0.500. The van der Waals surface area contributed by atoms with Gasteiger partial charge in [-0.05, 0) is 43.8 Å². The number of rotatable bonds is 7. The third-order valence-electron chi connectivity index (χ3n) is 4.14. The van der Waals surface area contributed by atoms with Gasteiger partial charge in [0.1, 0.15) is 0 Å². The van der Waals surface area contributed by atoms with Crippen LogP contribution in [0.1, 0.15) is 31.2 Å². The first kappa shape index (κ1) is 18.7. The largest absolute Gasteiger partial charge is 0.335 e. The molecule has 1 heterocycles. The van der Waals surface area contributed by atoms with E-state index in [0.29, 0.717) is 25.4 Å². The van der Waals surface area contributed by atoms with Crippen molar-refractivity contribution in [3.05, 3.63) is 48.6 Å². The Morgan fingerprint density at radius 1 is 1.27 bits per heavy atom. The molecule has 0 radical (unpaired) electrons. The Morgan fingerprint density at radius 2 is 1.95 bits per heavy atom. The predicted molar refractivity (Wildman–Crippen MR) is 94.1 cm³/mol. The Morgan fingerprint density at radius 3 is 2.59 bits per heavy atom. The van der Waals surface area contributed by atoms with Crippen molar-refractivity contribution >= 4 is 18.3 Å². The molecule has 3 nitrogen and oxygen atoms in total. The summed E-state index contributed by atoms with van der Waals surface area (Å²) in [5.74, 6) is 0.954. The summed E-state index contributed by atoms with van der Waals surface area (Å²) in [5.41, 5.74) is 1.18. The maximum Gasteiger partial charge on any atom is 0.223 e. The van der Waals surface area contributed by atoms with Gasteiger partial charge in [-0.15, -0.1) is 19.0 Å². The lowest BCUT2D eigenvalue weighted by atomic mass is 9.93. The van der Waals surface area contributed by atoms with E-state index in [-0.39, 0.29) is 18.3 Å². The zero-order valence-corrected chi connectivity index (χ0v) is 14.0. The highest BCUT2D eigenvalue weighted by atomic mass is 35.5. The summed E-state index contributed by atoms with van der Waals surface area (Å²) in [6.45, 7) is 7.27. The lowest BCUT2D eigenvalue weighted by Gasteiger charge is -2.25. The van der Waals surface area contributed by atoms with Gasteiger partial charge in [-0.3, -0.25) is 4.79 Å². The molecular weight excluding hydrogens is 296 g/mol. The number of halogens is 1. The molecule has 1 aromatic rings. The Kier molecular flexibility index (Phi) is 8.86. The van der Waals surface area contributed by atoms with Gasteiger partial charge in [-0.1, -0.05) is 36.4 Å². The van der Waals surface area contributed by atoms with Gasteiger partial charge in [-0.25, -0.2) is 0 Å². The van der Waals surface area contributed by atoms with E-state index in [0.717, 1.165) is 19.5 Å². The summed E-state index contributed by atoms with van der Waals surface area (Å²) >= 11 is 0. The third kappa shape index (κ3) is 6.20. The molecule has 1 aliphatic heterocycles. The molecule has 1 fully saturated rings. The van der Waals surface area contributed by atoms with Gasteiger partial charge in [0.05, 0.1) is 0 Å². The molecule has 2 rings (SSSR count). The SMILES string of the molecule is C=CCN(Cc1ccccc1)C(=O)CCC1CCNCC1.Cl. The second-order valence-electron chi connectivity index (χ2n) is 5.78. The minimum Gasteiger partial charge on any atom is -0.335 e. The molecule has 1 aliphatic rings. The van der Waals surface area contributed by atoms with Crippen molar-refractivity contribution in [1.29, 1.82) is 0 Å². The summed E-state index contributed by atoms with van der Waals surface area (Å²) < 4.78 is 0. The molecule has 4 heteroatoms. The van der Waals surface area contributed by atoms with E-state index in [9.17, 15) is 4.79 Å². The fourth-order valence-electron chi connectivity index (χ4n) is 2.87. The molecule has 0 atom stereocenters. The van der Waals surface area contributed by atoms with E-state index in [2.05, 4.69) is 24.0 Å². The molecule has 122 valence electrons. The number of hydrogen-bond donors (Lipinski definition) is 1. The van der Waals surface area contributed by atoms with Gasteiger partial charge in [0.2, 0.25) is 5.91 Å². The summed E-state index contributed by atoms with van der Waals surface area (Å²) in [4.78, 5) is 14.3. The van der Waals surface area contributed by atoms with E-state index >= 15 is 0 Å². The summed E-state index contributed by atoms with van der Waals surface area (Å²) in [6, 6.07) is 10.2. The second-order valence-corrected chi connectivity index (χ2v) is 5.78. The number of amides is 1. The van der Waals surface area contributed by atoms with Crippen LogP contribution in [0.2, 0.25) is 0 Å². The van der Waals surface area contributed by atoms with Crippen molar-refractivity contribution in [2.45, 2.75) is 32.2 Å². The lowest BCUT2D eigenvalue weighted by Crippen LogP contribution is -2.32. The quantitative estimate of drug-likeness (QED) is 0.780. The Labute approximate surface area is 140 Å². The van der Waals surface area contributed by atoms with Crippen LogP contribution in [0.3, 0.4) is 0 Å². The van der Waals surface area contributed by atoms with E-state index in [1.54, 1.807) is 0 Å². The molecule has 22 heavy (non-hydrogen) atoms. The predicted octanol–water partition coefficient (Wildman–Crippen LogP) is 3.40. The smallest absolute Gasteiger partial charge is 0.223 e. The standard InChI is InChI=1S/C18H26N2O.ClH/c1-2-14-20(15-17-6-4-3-5-7-17)18(21)9-8-16-10-12-19-13-11-16;/h2-7,16,19H,1,8-15H2;1H. The van der Waals surface area contributed by atoms with Crippen molar-refractivity contribution < 1.29 is 4.79 Å². The molecule has 1 N–H and O–H groups in total. The normalized spacial score (nSPS) is 14.9.